The molecule has 2 aromatic carbocycles. The number of nitrogens with zero attached hydrogens (tertiary/aromatic N) is 2. The van der Waals surface area contributed by atoms with Gasteiger partial charge in [0.05, 0.1) is 7.11 Å². The van der Waals surface area contributed by atoms with Crippen molar-refractivity contribution in [2.24, 2.45) is 0 Å². The fourth-order valence-corrected chi connectivity index (χ4v) is 3.03. The highest BCUT2D eigenvalue weighted by molar-refractivity contribution is 6.02. The molecule has 1 heterocycles. The number of rotatable bonds is 3. The third kappa shape index (κ3) is 3.50. The maximum atomic E-state index is 12.8. The Morgan fingerprint density at radius 1 is 1.08 bits per heavy atom. The Morgan fingerprint density at radius 3 is 2.60 bits per heavy atom. The van der Waals surface area contributed by atoms with Gasteiger partial charge in [0.1, 0.15) is 12.3 Å². The molecule has 0 unspecified atom stereocenters. The van der Waals surface area contributed by atoms with E-state index in [4.69, 9.17) is 4.74 Å². The molecule has 25 heavy (non-hydrogen) atoms. The van der Waals surface area contributed by atoms with Crippen molar-refractivity contribution in [1.82, 2.24) is 4.90 Å². The lowest BCUT2D eigenvalue weighted by atomic mass is 10.0. The summed E-state index contributed by atoms with van der Waals surface area (Å²) < 4.78 is 5.22. The van der Waals surface area contributed by atoms with Crippen LogP contribution in [0.15, 0.2) is 42.5 Å². The van der Waals surface area contributed by atoms with E-state index < -0.39 is 0 Å². The van der Waals surface area contributed by atoms with E-state index in [0.717, 1.165) is 16.8 Å². The minimum absolute atomic E-state index is 0.0835. The van der Waals surface area contributed by atoms with E-state index in [2.05, 4.69) is 0 Å². The monoisotopic (exact) mass is 338 g/mol. The van der Waals surface area contributed by atoms with E-state index in [1.54, 1.807) is 16.9 Å². The zero-order valence-corrected chi connectivity index (χ0v) is 14.8. The van der Waals surface area contributed by atoms with Crippen molar-refractivity contribution in [1.29, 1.82) is 0 Å². The van der Waals surface area contributed by atoms with Crippen molar-refractivity contribution in [3.63, 3.8) is 0 Å². The van der Waals surface area contributed by atoms with Crippen LogP contribution in [0, 0.1) is 13.8 Å². The van der Waals surface area contributed by atoms with Crippen molar-refractivity contribution in [3.8, 4) is 5.75 Å². The number of hydrogen-bond donors (Lipinski definition) is 0. The van der Waals surface area contributed by atoms with Crippen molar-refractivity contribution in [3.05, 3.63) is 59.2 Å². The summed E-state index contributed by atoms with van der Waals surface area (Å²) in [6.07, 6.45) is 0. The molecule has 5 nitrogen and oxygen atoms in total. The molecular formula is C20H22N2O3. The van der Waals surface area contributed by atoms with Crippen LogP contribution in [0.5, 0.6) is 5.75 Å². The first-order valence-corrected chi connectivity index (χ1v) is 8.30. The van der Waals surface area contributed by atoms with E-state index in [-0.39, 0.29) is 18.4 Å². The molecular weight excluding hydrogens is 316 g/mol. The van der Waals surface area contributed by atoms with Crippen LogP contribution >= 0.6 is 0 Å². The van der Waals surface area contributed by atoms with E-state index >= 15 is 0 Å². The van der Waals surface area contributed by atoms with Gasteiger partial charge < -0.3 is 14.5 Å². The molecule has 2 amide bonds. The van der Waals surface area contributed by atoms with Gasteiger partial charge >= 0.3 is 0 Å². The van der Waals surface area contributed by atoms with Gasteiger partial charge in [0, 0.05) is 30.4 Å². The third-order valence-electron chi connectivity index (χ3n) is 4.50. The Balaban J connectivity index is 1.76. The van der Waals surface area contributed by atoms with Crippen LogP contribution in [0.4, 0.5) is 5.69 Å². The van der Waals surface area contributed by atoms with Crippen molar-refractivity contribution >= 4 is 17.5 Å². The average Bonchev–Trinajstić information content (AvgIpc) is 2.63. The number of ether oxygens (including phenoxy) is 1. The number of aryl methyl sites for hydroxylation is 2. The van der Waals surface area contributed by atoms with Crippen LogP contribution in [0.2, 0.25) is 0 Å². The largest absolute Gasteiger partial charge is 0.497 e. The molecule has 0 aliphatic carbocycles. The molecule has 0 saturated carbocycles. The molecule has 1 fully saturated rings. The van der Waals surface area contributed by atoms with Gasteiger partial charge in [0.2, 0.25) is 5.91 Å². The molecule has 0 atom stereocenters. The van der Waals surface area contributed by atoms with Crippen LogP contribution in [0.3, 0.4) is 0 Å². The first-order chi connectivity index (χ1) is 12.0. The Kier molecular flexibility index (Phi) is 4.74. The van der Waals surface area contributed by atoms with Crippen LogP contribution in [-0.2, 0) is 4.79 Å². The van der Waals surface area contributed by atoms with Crippen LogP contribution in [-0.4, -0.2) is 43.5 Å². The first-order valence-electron chi connectivity index (χ1n) is 8.30. The first kappa shape index (κ1) is 17.0. The molecule has 0 aromatic heterocycles. The Morgan fingerprint density at radius 2 is 1.88 bits per heavy atom. The van der Waals surface area contributed by atoms with E-state index in [1.165, 1.54) is 0 Å². The summed E-state index contributed by atoms with van der Waals surface area (Å²) in [6.45, 7) is 4.95. The fraction of sp³-hybridized carbons (Fsp3) is 0.300. The number of benzene rings is 2. The summed E-state index contributed by atoms with van der Waals surface area (Å²) in [5.74, 6) is 0.539. The van der Waals surface area contributed by atoms with Gasteiger partial charge in [-0.1, -0.05) is 23.8 Å². The third-order valence-corrected chi connectivity index (χ3v) is 4.50. The van der Waals surface area contributed by atoms with Gasteiger partial charge in [-0.2, -0.15) is 0 Å². The smallest absolute Gasteiger partial charge is 0.254 e. The fourth-order valence-electron chi connectivity index (χ4n) is 3.03. The normalized spacial score (nSPS) is 14.6. The highest BCUT2D eigenvalue weighted by Gasteiger charge is 2.29. The molecule has 3 rings (SSSR count). The van der Waals surface area contributed by atoms with Crippen LogP contribution in [0.25, 0.3) is 0 Å². The number of piperazine rings is 1. The minimum Gasteiger partial charge on any atom is -0.497 e. The molecule has 1 aliphatic heterocycles. The topological polar surface area (TPSA) is 49.9 Å². The van der Waals surface area contributed by atoms with E-state index in [9.17, 15) is 9.59 Å². The molecule has 0 radical (unpaired) electrons. The summed E-state index contributed by atoms with van der Waals surface area (Å²) in [7, 11) is 1.60. The molecule has 1 saturated heterocycles. The van der Waals surface area contributed by atoms with Gasteiger partial charge in [-0.3, -0.25) is 9.59 Å². The molecule has 2 aromatic rings. The predicted molar refractivity (Wildman–Crippen MR) is 97.2 cm³/mol. The molecule has 0 spiro atoms. The summed E-state index contributed by atoms with van der Waals surface area (Å²) in [5.41, 5.74) is 3.43. The molecule has 130 valence electrons. The lowest BCUT2D eigenvalue weighted by molar-refractivity contribution is -0.120. The van der Waals surface area contributed by atoms with Crippen molar-refractivity contribution in [2.75, 3.05) is 31.6 Å². The van der Waals surface area contributed by atoms with Gasteiger partial charge in [0.15, 0.2) is 0 Å². The zero-order chi connectivity index (χ0) is 18.0. The Labute approximate surface area is 147 Å². The molecule has 5 heteroatoms. The molecule has 1 aliphatic rings. The van der Waals surface area contributed by atoms with Gasteiger partial charge in [0.25, 0.3) is 5.91 Å². The predicted octanol–water partition coefficient (Wildman–Crippen LogP) is 2.80. The summed E-state index contributed by atoms with van der Waals surface area (Å²) in [6, 6.07) is 13.2. The number of hydrogen-bond acceptors (Lipinski definition) is 3. The number of anilines is 1. The zero-order valence-electron chi connectivity index (χ0n) is 14.8. The van der Waals surface area contributed by atoms with Gasteiger partial charge in [-0.05, 0) is 37.6 Å². The highest BCUT2D eigenvalue weighted by Crippen LogP contribution is 2.23. The number of carbonyl (C=O) groups is 2. The molecule has 0 N–H and O–H groups in total. The van der Waals surface area contributed by atoms with Gasteiger partial charge in [-0.15, -0.1) is 0 Å². The summed E-state index contributed by atoms with van der Waals surface area (Å²) >= 11 is 0. The highest BCUT2D eigenvalue weighted by atomic mass is 16.5. The van der Waals surface area contributed by atoms with E-state index in [0.29, 0.717) is 24.4 Å². The second-order valence-corrected chi connectivity index (χ2v) is 6.29. The van der Waals surface area contributed by atoms with Gasteiger partial charge in [-0.25, -0.2) is 0 Å². The summed E-state index contributed by atoms with van der Waals surface area (Å²) in [4.78, 5) is 28.7. The number of amides is 2. The van der Waals surface area contributed by atoms with Crippen molar-refractivity contribution < 1.29 is 14.3 Å². The Hall–Kier alpha value is -2.82. The Bertz CT molecular complexity index is 816. The maximum absolute atomic E-state index is 12.8. The van der Waals surface area contributed by atoms with Crippen LogP contribution in [0.1, 0.15) is 21.5 Å². The van der Waals surface area contributed by atoms with E-state index in [1.807, 2.05) is 56.3 Å². The average molecular weight is 338 g/mol. The molecule has 0 bridgehead atoms. The second-order valence-electron chi connectivity index (χ2n) is 6.29. The minimum atomic E-state index is -0.0850. The van der Waals surface area contributed by atoms with Crippen LogP contribution < -0.4 is 9.64 Å². The standard InChI is InChI=1S/C20H22N2O3/c1-14-7-8-15(2)18(11-14)20(24)21-9-10-22(19(23)13-21)16-5-4-6-17(12-16)25-3/h4-8,11-12H,9-10,13H2,1-3H3. The second kappa shape index (κ2) is 6.97. The SMILES string of the molecule is COc1cccc(N2CCN(C(=O)c3cc(C)ccc3C)CC2=O)c1. The quantitative estimate of drug-likeness (QED) is 0.865. The lowest BCUT2D eigenvalue weighted by Crippen LogP contribution is -2.52. The lowest BCUT2D eigenvalue weighted by Gasteiger charge is -2.34. The maximum Gasteiger partial charge on any atom is 0.254 e. The van der Waals surface area contributed by atoms with Crippen molar-refractivity contribution in [2.45, 2.75) is 13.8 Å². The number of methoxy groups -OCH3 is 1. The number of carbonyl (C=O) groups excluding carboxylic acids is 2. The summed E-state index contributed by atoms with van der Waals surface area (Å²) in [5, 5.41) is 0.